The van der Waals surface area contributed by atoms with E-state index >= 15 is 0 Å². The Hall–Kier alpha value is -2.22. The van der Waals surface area contributed by atoms with Gasteiger partial charge in [0.2, 0.25) is 0 Å². The fraction of sp³-hybridized carbons (Fsp3) is 0. The summed E-state index contributed by atoms with van der Waals surface area (Å²) in [5.41, 5.74) is 2.38. The number of rotatable bonds is 1. The summed E-state index contributed by atoms with van der Waals surface area (Å²) in [6.45, 7) is 0. The van der Waals surface area contributed by atoms with E-state index in [1.54, 1.807) is 0 Å². The van der Waals surface area contributed by atoms with Crippen molar-refractivity contribution in [3.05, 3.63) is 61.2 Å². The standard InChI is InChI=1S/C14H10N2/c1-2-11-6-9-16-10-14(11)13(3-1)12-4-7-15-8-5-12/h1-10H. The summed E-state index contributed by atoms with van der Waals surface area (Å²) in [6.07, 6.45) is 7.35. The lowest BCUT2D eigenvalue weighted by Crippen LogP contribution is -1.82. The molecule has 2 nitrogen and oxygen atoms in total. The van der Waals surface area contributed by atoms with Gasteiger partial charge in [0.25, 0.3) is 0 Å². The van der Waals surface area contributed by atoms with Crippen LogP contribution in [-0.2, 0) is 0 Å². The van der Waals surface area contributed by atoms with Crippen molar-refractivity contribution in [3.63, 3.8) is 0 Å². The van der Waals surface area contributed by atoms with Gasteiger partial charge in [0.05, 0.1) is 0 Å². The highest BCUT2D eigenvalue weighted by molar-refractivity contribution is 5.95. The van der Waals surface area contributed by atoms with Crippen LogP contribution >= 0.6 is 0 Å². The maximum atomic E-state index is 4.18. The molecule has 0 saturated carbocycles. The van der Waals surface area contributed by atoms with E-state index < -0.39 is 0 Å². The largest absolute Gasteiger partial charge is 0.265 e. The zero-order valence-electron chi connectivity index (χ0n) is 8.67. The highest BCUT2D eigenvalue weighted by Gasteiger charge is 2.02. The maximum absolute atomic E-state index is 4.18. The van der Waals surface area contributed by atoms with Crippen molar-refractivity contribution in [2.24, 2.45) is 0 Å². The average molecular weight is 206 g/mol. The molecule has 0 unspecified atom stereocenters. The second-order valence-corrected chi connectivity index (χ2v) is 3.64. The van der Waals surface area contributed by atoms with Crippen LogP contribution in [0.2, 0.25) is 0 Å². The molecule has 0 aliphatic rings. The van der Waals surface area contributed by atoms with Crippen molar-refractivity contribution < 1.29 is 0 Å². The highest BCUT2D eigenvalue weighted by atomic mass is 14.6. The van der Waals surface area contributed by atoms with Gasteiger partial charge in [-0.1, -0.05) is 18.2 Å². The van der Waals surface area contributed by atoms with Crippen LogP contribution in [0.25, 0.3) is 21.9 Å². The number of hydrogen-bond acceptors (Lipinski definition) is 2. The minimum absolute atomic E-state index is 1.17. The summed E-state index contributed by atoms with van der Waals surface area (Å²) >= 11 is 0. The fourth-order valence-corrected chi connectivity index (χ4v) is 1.90. The predicted octanol–water partition coefficient (Wildman–Crippen LogP) is 3.30. The quantitative estimate of drug-likeness (QED) is 0.610. The molecule has 0 aliphatic carbocycles. The number of nitrogens with zero attached hydrogens (tertiary/aromatic N) is 2. The van der Waals surface area contributed by atoms with Gasteiger partial charge >= 0.3 is 0 Å². The molecular weight excluding hydrogens is 196 g/mol. The van der Waals surface area contributed by atoms with Crippen LogP contribution in [0.5, 0.6) is 0 Å². The SMILES string of the molecule is c1cc(-c2ccncc2)c2cnccc2c1. The molecule has 0 fully saturated rings. The summed E-state index contributed by atoms with van der Waals surface area (Å²) in [4.78, 5) is 8.22. The third-order valence-corrected chi connectivity index (χ3v) is 2.67. The minimum atomic E-state index is 1.17. The van der Waals surface area contributed by atoms with Crippen molar-refractivity contribution in [1.29, 1.82) is 0 Å². The van der Waals surface area contributed by atoms with Gasteiger partial charge in [-0.2, -0.15) is 0 Å². The maximum Gasteiger partial charge on any atom is 0.0352 e. The van der Waals surface area contributed by atoms with Gasteiger partial charge in [-0.05, 0) is 34.7 Å². The Morgan fingerprint density at radius 1 is 0.750 bits per heavy atom. The number of aromatic nitrogens is 2. The van der Waals surface area contributed by atoms with Crippen LogP contribution in [0.1, 0.15) is 0 Å². The van der Waals surface area contributed by atoms with Crippen molar-refractivity contribution in [2.45, 2.75) is 0 Å². The van der Waals surface area contributed by atoms with Crippen LogP contribution < -0.4 is 0 Å². The molecule has 0 atom stereocenters. The van der Waals surface area contributed by atoms with E-state index in [1.807, 2.05) is 43.0 Å². The Labute approximate surface area is 93.6 Å². The Bertz CT molecular complexity index is 612. The Morgan fingerprint density at radius 2 is 1.56 bits per heavy atom. The number of hydrogen-bond donors (Lipinski definition) is 0. The molecule has 3 aromatic rings. The molecule has 16 heavy (non-hydrogen) atoms. The normalized spacial score (nSPS) is 10.5. The number of pyridine rings is 2. The topological polar surface area (TPSA) is 25.8 Å². The van der Waals surface area contributed by atoms with Crippen LogP contribution in [0.15, 0.2) is 61.2 Å². The van der Waals surface area contributed by atoms with Crippen LogP contribution in [-0.4, -0.2) is 9.97 Å². The Morgan fingerprint density at radius 3 is 2.44 bits per heavy atom. The molecule has 3 rings (SSSR count). The molecule has 0 radical (unpaired) electrons. The molecule has 0 spiro atoms. The first kappa shape index (κ1) is 9.04. The molecular formula is C14H10N2. The molecule has 2 aromatic heterocycles. The van der Waals surface area contributed by atoms with E-state index in [0.717, 1.165) is 0 Å². The van der Waals surface area contributed by atoms with E-state index in [-0.39, 0.29) is 0 Å². The lowest BCUT2D eigenvalue weighted by molar-refractivity contribution is 1.33. The second-order valence-electron chi connectivity index (χ2n) is 3.64. The first-order valence-corrected chi connectivity index (χ1v) is 5.18. The summed E-state index contributed by atoms with van der Waals surface area (Å²) in [5.74, 6) is 0. The molecule has 1 aromatic carbocycles. The average Bonchev–Trinajstić information content (AvgIpc) is 2.39. The van der Waals surface area contributed by atoms with Gasteiger partial charge in [0.1, 0.15) is 0 Å². The molecule has 0 amide bonds. The van der Waals surface area contributed by atoms with Crippen molar-refractivity contribution in [3.8, 4) is 11.1 Å². The van der Waals surface area contributed by atoms with Crippen LogP contribution in [0.4, 0.5) is 0 Å². The zero-order valence-corrected chi connectivity index (χ0v) is 8.67. The van der Waals surface area contributed by atoms with E-state index in [4.69, 9.17) is 0 Å². The number of fused-ring (bicyclic) bond motifs is 1. The lowest BCUT2D eigenvalue weighted by Gasteiger charge is -2.05. The zero-order chi connectivity index (χ0) is 10.8. The van der Waals surface area contributed by atoms with Crippen molar-refractivity contribution in [2.75, 3.05) is 0 Å². The Kier molecular flexibility index (Phi) is 2.11. The predicted molar refractivity (Wildman–Crippen MR) is 65.0 cm³/mol. The van der Waals surface area contributed by atoms with E-state index in [1.165, 1.54) is 21.9 Å². The van der Waals surface area contributed by atoms with Gasteiger partial charge < -0.3 is 0 Å². The van der Waals surface area contributed by atoms with E-state index in [9.17, 15) is 0 Å². The molecule has 2 heteroatoms. The first-order chi connectivity index (χ1) is 7.95. The van der Waals surface area contributed by atoms with E-state index in [0.29, 0.717) is 0 Å². The fourth-order valence-electron chi connectivity index (χ4n) is 1.90. The molecule has 0 bridgehead atoms. The smallest absolute Gasteiger partial charge is 0.0352 e. The monoisotopic (exact) mass is 206 g/mol. The third kappa shape index (κ3) is 1.44. The summed E-state index contributed by atoms with van der Waals surface area (Å²) < 4.78 is 0. The Balaban J connectivity index is 2.32. The molecule has 0 N–H and O–H groups in total. The minimum Gasteiger partial charge on any atom is -0.265 e. The summed E-state index contributed by atoms with van der Waals surface area (Å²) in [7, 11) is 0. The van der Waals surface area contributed by atoms with Crippen molar-refractivity contribution >= 4 is 10.8 Å². The van der Waals surface area contributed by atoms with Crippen LogP contribution in [0, 0.1) is 0 Å². The molecule has 0 aliphatic heterocycles. The second kappa shape index (κ2) is 3.74. The lowest BCUT2D eigenvalue weighted by atomic mass is 10.0. The summed E-state index contributed by atoms with van der Waals surface area (Å²) in [5, 5.41) is 2.39. The third-order valence-electron chi connectivity index (χ3n) is 2.67. The number of benzene rings is 1. The molecule has 76 valence electrons. The van der Waals surface area contributed by atoms with Gasteiger partial charge in [-0.3, -0.25) is 9.97 Å². The highest BCUT2D eigenvalue weighted by Crippen LogP contribution is 2.26. The van der Waals surface area contributed by atoms with Gasteiger partial charge in [0, 0.05) is 30.2 Å². The summed E-state index contributed by atoms with van der Waals surface area (Å²) in [6, 6.07) is 12.3. The molecule has 2 heterocycles. The van der Waals surface area contributed by atoms with Gasteiger partial charge in [-0.15, -0.1) is 0 Å². The first-order valence-electron chi connectivity index (χ1n) is 5.18. The van der Waals surface area contributed by atoms with Gasteiger partial charge in [-0.25, -0.2) is 0 Å². The molecule has 0 saturated heterocycles. The van der Waals surface area contributed by atoms with Crippen LogP contribution in [0.3, 0.4) is 0 Å². The van der Waals surface area contributed by atoms with Crippen molar-refractivity contribution in [1.82, 2.24) is 9.97 Å². The van der Waals surface area contributed by atoms with Gasteiger partial charge in [0.15, 0.2) is 0 Å². The van der Waals surface area contributed by atoms with E-state index in [2.05, 4.69) is 28.2 Å².